The highest BCUT2D eigenvalue weighted by atomic mass is 32.1. The van der Waals surface area contributed by atoms with Crippen LogP contribution < -0.4 is 10.2 Å². The topological polar surface area (TPSA) is 41.1 Å². The highest BCUT2D eigenvalue weighted by Gasteiger charge is 2.28. The third kappa shape index (κ3) is 3.18. The predicted molar refractivity (Wildman–Crippen MR) is 89.3 cm³/mol. The third-order valence-electron chi connectivity index (χ3n) is 3.76. The molecule has 2 aromatic rings. The average molecular weight is 302 g/mol. The first-order valence-corrected chi connectivity index (χ1v) is 8.43. The van der Waals surface area contributed by atoms with E-state index in [2.05, 4.69) is 48.6 Å². The monoisotopic (exact) mass is 302 g/mol. The molecule has 4 nitrogen and oxygen atoms in total. The largest absolute Gasteiger partial charge is 0.370 e. The molecule has 2 heterocycles. The van der Waals surface area contributed by atoms with Gasteiger partial charge in [-0.1, -0.05) is 6.07 Å². The summed E-state index contributed by atoms with van der Waals surface area (Å²) in [5, 5.41) is 5.50. The number of rotatable bonds is 6. The lowest BCUT2D eigenvalue weighted by atomic mass is 10.2. The molecule has 0 bridgehead atoms. The van der Waals surface area contributed by atoms with Gasteiger partial charge in [-0.15, -0.1) is 11.3 Å². The molecule has 1 aliphatic rings. The molecule has 21 heavy (non-hydrogen) atoms. The van der Waals surface area contributed by atoms with Gasteiger partial charge in [-0.25, -0.2) is 9.97 Å². The number of nitrogens with one attached hydrogen (secondary N) is 1. The lowest BCUT2D eigenvalue weighted by Gasteiger charge is -2.22. The second-order valence-corrected chi connectivity index (χ2v) is 6.65. The van der Waals surface area contributed by atoms with Crippen molar-refractivity contribution in [2.75, 3.05) is 23.8 Å². The van der Waals surface area contributed by atoms with Crippen LogP contribution in [-0.4, -0.2) is 23.6 Å². The molecular formula is C16H22N4S. The van der Waals surface area contributed by atoms with Gasteiger partial charge in [0.2, 0.25) is 0 Å². The molecule has 5 heteroatoms. The van der Waals surface area contributed by atoms with E-state index in [1.54, 1.807) is 11.3 Å². The molecule has 1 N–H and O–H groups in total. The van der Waals surface area contributed by atoms with E-state index in [0.29, 0.717) is 5.92 Å². The van der Waals surface area contributed by atoms with Gasteiger partial charge < -0.3 is 10.2 Å². The maximum atomic E-state index is 4.84. The fraction of sp³-hybridized carbons (Fsp3) is 0.500. The number of hydrogen-bond acceptors (Lipinski definition) is 5. The van der Waals surface area contributed by atoms with E-state index in [0.717, 1.165) is 36.1 Å². The van der Waals surface area contributed by atoms with E-state index < -0.39 is 0 Å². The van der Waals surface area contributed by atoms with E-state index in [-0.39, 0.29) is 0 Å². The van der Waals surface area contributed by atoms with Crippen molar-refractivity contribution < 1.29 is 0 Å². The summed E-state index contributed by atoms with van der Waals surface area (Å²) in [7, 11) is 2.11. The Labute approximate surface area is 130 Å². The predicted octanol–water partition coefficient (Wildman–Crippen LogP) is 3.79. The minimum Gasteiger partial charge on any atom is -0.370 e. The van der Waals surface area contributed by atoms with Crippen molar-refractivity contribution in [2.24, 2.45) is 0 Å². The van der Waals surface area contributed by atoms with Crippen LogP contribution in [0.3, 0.4) is 0 Å². The van der Waals surface area contributed by atoms with E-state index >= 15 is 0 Å². The average Bonchev–Trinajstić information content (AvgIpc) is 3.20. The summed E-state index contributed by atoms with van der Waals surface area (Å²) in [5.74, 6) is 3.61. The molecule has 0 aliphatic heterocycles. The Morgan fingerprint density at radius 1 is 1.38 bits per heavy atom. The Morgan fingerprint density at radius 2 is 2.19 bits per heavy atom. The molecule has 0 radical (unpaired) electrons. The fourth-order valence-corrected chi connectivity index (χ4v) is 3.23. The van der Waals surface area contributed by atoms with Crippen molar-refractivity contribution in [1.82, 2.24) is 9.97 Å². The van der Waals surface area contributed by atoms with Crippen LogP contribution in [0.1, 0.15) is 41.9 Å². The first kappa shape index (κ1) is 14.3. The smallest absolute Gasteiger partial charge is 0.137 e. The van der Waals surface area contributed by atoms with E-state index in [9.17, 15) is 0 Å². The zero-order valence-corrected chi connectivity index (χ0v) is 13.7. The summed E-state index contributed by atoms with van der Waals surface area (Å²) in [6, 6.07) is 4.27. The molecule has 0 saturated heterocycles. The first-order valence-electron chi connectivity index (χ1n) is 7.55. The van der Waals surface area contributed by atoms with Crippen LogP contribution in [-0.2, 0) is 6.54 Å². The van der Waals surface area contributed by atoms with Gasteiger partial charge >= 0.3 is 0 Å². The van der Waals surface area contributed by atoms with Crippen molar-refractivity contribution in [2.45, 2.75) is 39.2 Å². The Morgan fingerprint density at radius 3 is 2.81 bits per heavy atom. The summed E-state index contributed by atoms with van der Waals surface area (Å²) in [4.78, 5) is 13.1. The maximum absolute atomic E-state index is 4.84. The summed E-state index contributed by atoms with van der Waals surface area (Å²) < 4.78 is 0. The van der Waals surface area contributed by atoms with Gasteiger partial charge in [-0.05, 0) is 38.1 Å². The molecule has 0 atom stereocenters. The van der Waals surface area contributed by atoms with Crippen LogP contribution in [0.25, 0.3) is 0 Å². The van der Waals surface area contributed by atoms with Crippen molar-refractivity contribution in [3.63, 3.8) is 0 Å². The first-order chi connectivity index (χ1) is 10.2. The van der Waals surface area contributed by atoms with Crippen molar-refractivity contribution in [3.8, 4) is 0 Å². The molecule has 1 fully saturated rings. The standard InChI is InChI=1S/C16H22N4S/c1-4-17-14-11(2)16(19-15(18-14)12-7-8-12)20(3)10-13-6-5-9-21-13/h5-6,9,12H,4,7-8,10H2,1-3H3,(H,17,18,19). The lowest BCUT2D eigenvalue weighted by molar-refractivity contribution is 0.851. The molecular weight excluding hydrogens is 280 g/mol. The van der Waals surface area contributed by atoms with Gasteiger partial charge in [0.15, 0.2) is 0 Å². The molecule has 112 valence electrons. The van der Waals surface area contributed by atoms with Crippen molar-refractivity contribution in [1.29, 1.82) is 0 Å². The Kier molecular flexibility index (Phi) is 4.10. The zero-order valence-electron chi connectivity index (χ0n) is 12.9. The van der Waals surface area contributed by atoms with E-state index in [1.807, 2.05) is 0 Å². The van der Waals surface area contributed by atoms with Gasteiger partial charge in [-0.2, -0.15) is 0 Å². The molecule has 0 aromatic carbocycles. The normalized spacial score (nSPS) is 14.2. The highest BCUT2D eigenvalue weighted by molar-refractivity contribution is 7.09. The maximum Gasteiger partial charge on any atom is 0.137 e. The summed E-state index contributed by atoms with van der Waals surface area (Å²) >= 11 is 1.79. The van der Waals surface area contributed by atoms with Gasteiger partial charge in [-0.3, -0.25) is 0 Å². The van der Waals surface area contributed by atoms with Gasteiger partial charge in [0.25, 0.3) is 0 Å². The summed E-state index contributed by atoms with van der Waals surface area (Å²) in [6.45, 7) is 5.99. The number of anilines is 2. The van der Waals surface area contributed by atoms with Crippen molar-refractivity contribution >= 4 is 23.0 Å². The SMILES string of the molecule is CCNc1nc(C2CC2)nc(N(C)Cc2cccs2)c1C. The summed E-state index contributed by atoms with van der Waals surface area (Å²) in [5.41, 5.74) is 1.14. The number of nitrogens with zero attached hydrogens (tertiary/aromatic N) is 3. The van der Waals surface area contributed by atoms with Gasteiger partial charge in [0.05, 0.1) is 6.54 Å². The molecule has 3 rings (SSSR count). The van der Waals surface area contributed by atoms with Gasteiger partial charge in [0.1, 0.15) is 17.5 Å². The Balaban J connectivity index is 1.91. The van der Waals surface area contributed by atoms with Crippen molar-refractivity contribution in [3.05, 3.63) is 33.8 Å². The second-order valence-electron chi connectivity index (χ2n) is 5.62. The van der Waals surface area contributed by atoms with Crippen LogP contribution in [0.4, 0.5) is 11.6 Å². The van der Waals surface area contributed by atoms with E-state index in [1.165, 1.54) is 17.7 Å². The van der Waals surface area contributed by atoms with E-state index in [4.69, 9.17) is 9.97 Å². The number of aromatic nitrogens is 2. The van der Waals surface area contributed by atoms with Gasteiger partial charge in [0, 0.05) is 30.0 Å². The Bertz CT molecular complexity index is 605. The molecule has 2 aromatic heterocycles. The second kappa shape index (κ2) is 6.02. The minimum atomic E-state index is 0.567. The zero-order chi connectivity index (χ0) is 14.8. The molecule has 1 aliphatic carbocycles. The number of hydrogen-bond donors (Lipinski definition) is 1. The summed E-state index contributed by atoms with van der Waals surface area (Å²) in [6.07, 6.45) is 2.45. The quantitative estimate of drug-likeness (QED) is 0.881. The van der Waals surface area contributed by atoms with Crippen LogP contribution in [0.15, 0.2) is 17.5 Å². The van der Waals surface area contributed by atoms with Crippen LogP contribution >= 0.6 is 11.3 Å². The highest BCUT2D eigenvalue weighted by Crippen LogP contribution is 2.40. The van der Waals surface area contributed by atoms with Crippen LogP contribution in [0, 0.1) is 6.92 Å². The fourth-order valence-electron chi connectivity index (χ4n) is 2.47. The minimum absolute atomic E-state index is 0.567. The lowest BCUT2D eigenvalue weighted by Crippen LogP contribution is -2.20. The molecule has 0 spiro atoms. The molecule has 1 saturated carbocycles. The van der Waals surface area contributed by atoms with Crippen LogP contribution in [0.5, 0.6) is 0 Å². The molecule has 0 unspecified atom stereocenters. The molecule has 0 amide bonds. The number of thiophene rings is 1. The van der Waals surface area contributed by atoms with Crippen LogP contribution in [0.2, 0.25) is 0 Å². The third-order valence-corrected chi connectivity index (χ3v) is 4.62. The Hall–Kier alpha value is -1.62.